The van der Waals surface area contributed by atoms with Crippen LogP contribution in [0.5, 0.6) is 0 Å². The molecule has 0 spiro atoms. The van der Waals surface area contributed by atoms with Crippen molar-refractivity contribution in [3.63, 3.8) is 0 Å². The van der Waals surface area contributed by atoms with Crippen molar-refractivity contribution in [1.29, 1.82) is 0 Å². The molecule has 9 heteroatoms. The SMILES string of the molecule is Cc1ccc([N+](=O)[O-])cc1N=C(N)NC(=O)c1ccc(CN2CCN(C)CC2)cc1. The second-order valence-corrected chi connectivity index (χ2v) is 7.46. The number of nitrogens with one attached hydrogen (secondary N) is 1. The molecule has 1 amide bonds. The summed E-state index contributed by atoms with van der Waals surface area (Å²) in [6.07, 6.45) is 0. The molecule has 3 rings (SSSR count). The zero-order chi connectivity index (χ0) is 21.7. The van der Waals surface area contributed by atoms with Crippen LogP contribution >= 0.6 is 0 Å². The maximum Gasteiger partial charge on any atom is 0.271 e. The molecule has 158 valence electrons. The number of aryl methyl sites for hydroxylation is 1. The van der Waals surface area contributed by atoms with Gasteiger partial charge in [-0.15, -0.1) is 0 Å². The summed E-state index contributed by atoms with van der Waals surface area (Å²) in [6, 6.07) is 11.7. The first-order valence-corrected chi connectivity index (χ1v) is 9.72. The lowest BCUT2D eigenvalue weighted by molar-refractivity contribution is -0.384. The summed E-state index contributed by atoms with van der Waals surface area (Å²) in [5.41, 5.74) is 8.41. The summed E-state index contributed by atoms with van der Waals surface area (Å²) < 4.78 is 0. The summed E-state index contributed by atoms with van der Waals surface area (Å²) in [7, 11) is 2.13. The van der Waals surface area contributed by atoms with Gasteiger partial charge >= 0.3 is 0 Å². The van der Waals surface area contributed by atoms with E-state index in [1.54, 1.807) is 25.1 Å². The Morgan fingerprint density at radius 2 is 1.83 bits per heavy atom. The molecule has 0 atom stereocenters. The van der Waals surface area contributed by atoms with Crippen LogP contribution in [-0.2, 0) is 6.54 Å². The van der Waals surface area contributed by atoms with Crippen LogP contribution in [0.15, 0.2) is 47.5 Å². The van der Waals surface area contributed by atoms with E-state index in [1.165, 1.54) is 12.1 Å². The van der Waals surface area contributed by atoms with E-state index < -0.39 is 4.92 Å². The van der Waals surface area contributed by atoms with Crippen molar-refractivity contribution in [2.45, 2.75) is 13.5 Å². The fourth-order valence-electron chi connectivity index (χ4n) is 3.20. The minimum Gasteiger partial charge on any atom is -0.369 e. The molecule has 0 aliphatic carbocycles. The number of nitro benzene ring substituents is 1. The van der Waals surface area contributed by atoms with Crippen LogP contribution in [0, 0.1) is 17.0 Å². The molecule has 2 aromatic rings. The number of nitrogens with zero attached hydrogens (tertiary/aromatic N) is 4. The third kappa shape index (κ3) is 5.62. The number of rotatable bonds is 5. The molecule has 0 aromatic heterocycles. The Hall–Kier alpha value is -3.30. The van der Waals surface area contributed by atoms with Gasteiger partial charge in [0.15, 0.2) is 0 Å². The number of hydrogen-bond donors (Lipinski definition) is 2. The van der Waals surface area contributed by atoms with E-state index in [9.17, 15) is 14.9 Å². The lowest BCUT2D eigenvalue weighted by atomic mass is 10.1. The number of guanidine groups is 1. The average Bonchev–Trinajstić information content (AvgIpc) is 2.71. The minimum absolute atomic E-state index is 0.0885. The number of piperazine rings is 1. The van der Waals surface area contributed by atoms with Crippen LogP contribution in [-0.4, -0.2) is 59.8 Å². The Bertz CT molecular complexity index is 950. The van der Waals surface area contributed by atoms with Gasteiger partial charge in [0.05, 0.1) is 10.6 Å². The first-order chi connectivity index (χ1) is 14.3. The molecule has 1 aliphatic rings. The molecule has 1 saturated heterocycles. The van der Waals surface area contributed by atoms with Gasteiger partial charge in [-0.25, -0.2) is 4.99 Å². The molecule has 2 aromatic carbocycles. The average molecular weight is 410 g/mol. The molecule has 1 fully saturated rings. The standard InChI is InChI=1S/C21H26N6O3/c1-15-3-8-18(27(29)30)13-19(15)23-21(22)24-20(28)17-6-4-16(5-7-17)14-26-11-9-25(2)10-12-26/h3-8,13H,9-12,14H2,1-2H3,(H3,22,23,24,28). The van der Waals surface area contributed by atoms with E-state index >= 15 is 0 Å². The Kier molecular flexibility index (Phi) is 6.76. The molecule has 0 unspecified atom stereocenters. The normalized spacial score (nSPS) is 15.7. The number of non-ortho nitro benzene ring substituents is 1. The number of aliphatic imine (C=N–C) groups is 1. The van der Waals surface area contributed by atoms with Gasteiger partial charge in [0.25, 0.3) is 11.6 Å². The third-order valence-electron chi connectivity index (χ3n) is 5.10. The number of carbonyl (C=O) groups is 1. The number of likely N-dealkylation sites (N-methyl/N-ethyl adjacent to an activating group) is 1. The molecule has 0 bridgehead atoms. The molecule has 0 saturated carbocycles. The topological polar surface area (TPSA) is 117 Å². The zero-order valence-electron chi connectivity index (χ0n) is 17.2. The molecule has 1 heterocycles. The van der Waals surface area contributed by atoms with Crippen molar-refractivity contribution < 1.29 is 9.72 Å². The highest BCUT2D eigenvalue weighted by molar-refractivity contribution is 6.05. The minimum atomic E-state index is -0.503. The van der Waals surface area contributed by atoms with Gasteiger partial charge in [-0.3, -0.25) is 25.1 Å². The van der Waals surface area contributed by atoms with Crippen molar-refractivity contribution in [3.8, 4) is 0 Å². The number of carbonyl (C=O) groups excluding carboxylic acids is 1. The maximum atomic E-state index is 12.4. The van der Waals surface area contributed by atoms with Crippen molar-refractivity contribution in [2.75, 3.05) is 33.2 Å². The van der Waals surface area contributed by atoms with Crippen LogP contribution in [0.3, 0.4) is 0 Å². The van der Waals surface area contributed by atoms with E-state index in [0.29, 0.717) is 16.8 Å². The predicted octanol–water partition coefficient (Wildman–Crippen LogP) is 2.03. The van der Waals surface area contributed by atoms with Crippen LogP contribution in [0.1, 0.15) is 21.5 Å². The van der Waals surface area contributed by atoms with E-state index in [0.717, 1.165) is 38.3 Å². The number of hydrogen-bond acceptors (Lipinski definition) is 6. The summed E-state index contributed by atoms with van der Waals surface area (Å²) >= 11 is 0. The van der Waals surface area contributed by atoms with Gasteiger partial charge in [0.2, 0.25) is 5.96 Å². The van der Waals surface area contributed by atoms with E-state index in [-0.39, 0.29) is 17.6 Å². The van der Waals surface area contributed by atoms with Crippen LogP contribution in [0.4, 0.5) is 11.4 Å². The largest absolute Gasteiger partial charge is 0.369 e. The second kappa shape index (κ2) is 9.47. The Morgan fingerprint density at radius 1 is 1.17 bits per heavy atom. The van der Waals surface area contributed by atoms with Gasteiger partial charge in [0, 0.05) is 50.4 Å². The van der Waals surface area contributed by atoms with Crippen molar-refractivity contribution >= 4 is 23.2 Å². The number of nitro groups is 1. The molecule has 1 aliphatic heterocycles. The molecule has 3 N–H and O–H groups in total. The number of nitrogens with two attached hydrogens (primary N) is 1. The number of amides is 1. The summed E-state index contributed by atoms with van der Waals surface area (Å²) in [5.74, 6) is -0.504. The van der Waals surface area contributed by atoms with Gasteiger partial charge in [-0.2, -0.15) is 0 Å². The van der Waals surface area contributed by atoms with Gasteiger partial charge in [-0.05, 0) is 37.2 Å². The van der Waals surface area contributed by atoms with E-state index in [2.05, 4.69) is 27.2 Å². The van der Waals surface area contributed by atoms with Crippen LogP contribution in [0.25, 0.3) is 0 Å². The monoisotopic (exact) mass is 410 g/mol. The van der Waals surface area contributed by atoms with Gasteiger partial charge < -0.3 is 10.6 Å². The highest BCUT2D eigenvalue weighted by Crippen LogP contribution is 2.24. The first-order valence-electron chi connectivity index (χ1n) is 9.72. The maximum absolute atomic E-state index is 12.4. The van der Waals surface area contributed by atoms with E-state index in [1.807, 2.05) is 12.1 Å². The summed E-state index contributed by atoms with van der Waals surface area (Å²) in [5, 5.41) is 13.5. The Morgan fingerprint density at radius 3 is 2.47 bits per heavy atom. The highest BCUT2D eigenvalue weighted by atomic mass is 16.6. The van der Waals surface area contributed by atoms with Crippen LogP contribution < -0.4 is 11.1 Å². The molecule has 30 heavy (non-hydrogen) atoms. The number of benzene rings is 2. The van der Waals surface area contributed by atoms with Gasteiger partial charge in [-0.1, -0.05) is 18.2 Å². The van der Waals surface area contributed by atoms with Crippen molar-refractivity contribution in [1.82, 2.24) is 15.1 Å². The van der Waals surface area contributed by atoms with Gasteiger partial charge in [0.1, 0.15) is 0 Å². The molecule has 9 nitrogen and oxygen atoms in total. The third-order valence-corrected chi connectivity index (χ3v) is 5.10. The fourth-order valence-corrected chi connectivity index (χ4v) is 3.20. The van der Waals surface area contributed by atoms with Crippen molar-refractivity contribution in [2.24, 2.45) is 10.7 Å². The quantitative estimate of drug-likeness (QED) is 0.337. The highest BCUT2D eigenvalue weighted by Gasteiger charge is 2.14. The predicted molar refractivity (Wildman–Crippen MR) is 116 cm³/mol. The molecular formula is C21H26N6O3. The van der Waals surface area contributed by atoms with Crippen molar-refractivity contribution in [3.05, 3.63) is 69.3 Å². The summed E-state index contributed by atoms with van der Waals surface area (Å²) in [6.45, 7) is 6.79. The van der Waals surface area contributed by atoms with Crippen LogP contribution in [0.2, 0.25) is 0 Å². The Labute approximate surface area is 175 Å². The zero-order valence-corrected chi connectivity index (χ0v) is 17.2. The summed E-state index contributed by atoms with van der Waals surface area (Å²) in [4.78, 5) is 31.7. The fraction of sp³-hybridized carbons (Fsp3) is 0.333. The Balaban J connectivity index is 1.62. The van der Waals surface area contributed by atoms with E-state index in [4.69, 9.17) is 5.73 Å². The molecular weight excluding hydrogens is 384 g/mol. The first kappa shape index (κ1) is 21.4. The lowest BCUT2D eigenvalue weighted by Gasteiger charge is -2.32. The lowest BCUT2D eigenvalue weighted by Crippen LogP contribution is -2.43. The second-order valence-electron chi connectivity index (χ2n) is 7.46. The molecule has 0 radical (unpaired) electrons. The smallest absolute Gasteiger partial charge is 0.271 e.